The molecule has 1 aliphatic heterocycles. The van der Waals surface area contributed by atoms with Gasteiger partial charge < -0.3 is 14.2 Å². The van der Waals surface area contributed by atoms with Crippen LogP contribution in [0.15, 0.2) is 6.20 Å². The zero-order valence-corrected chi connectivity index (χ0v) is 15.9. The molecule has 2 fully saturated rings. The van der Waals surface area contributed by atoms with Crippen molar-refractivity contribution in [1.29, 1.82) is 0 Å². The normalized spacial score (nSPS) is 19.7. The third kappa shape index (κ3) is 4.84. The lowest BCUT2D eigenvalue weighted by atomic mass is 9.95. The van der Waals surface area contributed by atoms with Gasteiger partial charge in [0.05, 0.1) is 0 Å². The Labute approximate surface area is 151 Å². The Hall–Kier alpha value is -1.36. The van der Waals surface area contributed by atoms with Crippen LogP contribution in [-0.4, -0.2) is 40.6 Å². The van der Waals surface area contributed by atoms with E-state index >= 15 is 0 Å². The summed E-state index contributed by atoms with van der Waals surface area (Å²) in [7, 11) is 1.71. The fourth-order valence-corrected chi connectivity index (χ4v) is 4.41. The van der Waals surface area contributed by atoms with Crippen LogP contribution in [0.5, 0.6) is 0 Å². The quantitative estimate of drug-likeness (QED) is 0.758. The number of rotatable bonds is 7. The molecule has 1 saturated heterocycles. The third-order valence-electron chi connectivity index (χ3n) is 6.06. The second-order valence-electron chi connectivity index (χ2n) is 7.87. The summed E-state index contributed by atoms with van der Waals surface area (Å²) >= 11 is 0. The largest absolute Gasteiger partial charge is 0.377 e. The molecule has 2 aliphatic rings. The van der Waals surface area contributed by atoms with Gasteiger partial charge in [0.2, 0.25) is 5.91 Å². The highest BCUT2D eigenvalue weighted by molar-refractivity contribution is 5.76. The van der Waals surface area contributed by atoms with Crippen molar-refractivity contribution >= 4 is 5.91 Å². The van der Waals surface area contributed by atoms with E-state index in [1.54, 1.807) is 7.11 Å². The van der Waals surface area contributed by atoms with Crippen molar-refractivity contribution < 1.29 is 9.53 Å². The molecule has 0 atom stereocenters. The molecule has 1 aromatic heterocycles. The Morgan fingerprint density at radius 1 is 1.20 bits per heavy atom. The van der Waals surface area contributed by atoms with Gasteiger partial charge in [-0.1, -0.05) is 25.7 Å². The first-order valence-electron chi connectivity index (χ1n) is 9.95. The molecule has 5 heteroatoms. The highest BCUT2D eigenvalue weighted by Crippen LogP contribution is 2.29. The fourth-order valence-electron chi connectivity index (χ4n) is 4.41. The average Bonchev–Trinajstić information content (AvgIpc) is 3.26. The Kier molecular flexibility index (Phi) is 6.51. The smallest absolute Gasteiger partial charge is 0.222 e. The highest BCUT2D eigenvalue weighted by Gasteiger charge is 2.25. The summed E-state index contributed by atoms with van der Waals surface area (Å²) in [6, 6.07) is 0. The predicted molar refractivity (Wildman–Crippen MR) is 98.2 cm³/mol. The number of aryl methyl sites for hydroxylation is 1. The topological polar surface area (TPSA) is 47.4 Å². The number of ether oxygens (including phenoxy) is 1. The minimum atomic E-state index is 0.379. The van der Waals surface area contributed by atoms with Gasteiger partial charge in [-0.15, -0.1) is 0 Å². The number of carbonyl (C=O) groups excluding carboxylic acids is 1. The molecule has 0 bridgehead atoms. The maximum absolute atomic E-state index is 12.5. The van der Waals surface area contributed by atoms with E-state index < -0.39 is 0 Å². The van der Waals surface area contributed by atoms with Crippen molar-refractivity contribution in [3.63, 3.8) is 0 Å². The SMILES string of the molecule is COCc1ncc(C)n1CC1CCN(C(=O)CCC2CCCC2)CC1. The lowest BCUT2D eigenvalue weighted by molar-refractivity contribution is -0.133. The molecule has 2 heterocycles. The van der Waals surface area contributed by atoms with E-state index in [0.29, 0.717) is 18.4 Å². The number of hydrogen-bond donors (Lipinski definition) is 0. The Morgan fingerprint density at radius 3 is 2.60 bits per heavy atom. The van der Waals surface area contributed by atoms with Crippen molar-refractivity contribution in [3.05, 3.63) is 17.7 Å². The summed E-state index contributed by atoms with van der Waals surface area (Å²) in [6.07, 6.45) is 11.4. The molecule has 25 heavy (non-hydrogen) atoms. The van der Waals surface area contributed by atoms with E-state index in [4.69, 9.17) is 4.74 Å². The number of methoxy groups -OCH3 is 1. The number of hydrogen-bond acceptors (Lipinski definition) is 3. The molecular weight excluding hydrogens is 314 g/mol. The molecule has 0 aromatic carbocycles. The van der Waals surface area contributed by atoms with Crippen LogP contribution in [0.2, 0.25) is 0 Å². The van der Waals surface area contributed by atoms with Crippen LogP contribution < -0.4 is 0 Å². The van der Waals surface area contributed by atoms with Gasteiger partial charge in [0.25, 0.3) is 0 Å². The molecule has 3 rings (SSSR count). The third-order valence-corrected chi connectivity index (χ3v) is 6.06. The van der Waals surface area contributed by atoms with Gasteiger partial charge in [0.15, 0.2) is 0 Å². The molecule has 140 valence electrons. The lowest BCUT2D eigenvalue weighted by Crippen LogP contribution is -2.39. The minimum Gasteiger partial charge on any atom is -0.377 e. The number of amides is 1. The maximum atomic E-state index is 12.5. The summed E-state index contributed by atoms with van der Waals surface area (Å²) in [5.41, 5.74) is 1.20. The standard InChI is InChI=1S/C20H33N3O2/c1-16-13-21-19(15-25-2)23(16)14-18-9-11-22(12-10-18)20(24)8-7-17-5-3-4-6-17/h13,17-18H,3-12,14-15H2,1-2H3. The number of nitrogens with zero attached hydrogens (tertiary/aromatic N) is 3. The number of imidazole rings is 1. The van der Waals surface area contributed by atoms with Gasteiger partial charge in [-0.2, -0.15) is 0 Å². The van der Waals surface area contributed by atoms with Crippen LogP contribution >= 0.6 is 0 Å². The van der Waals surface area contributed by atoms with Crippen molar-refractivity contribution in [1.82, 2.24) is 14.5 Å². The van der Waals surface area contributed by atoms with Crippen LogP contribution in [-0.2, 0) is 22.7 Å². The number of carbonyl (C=O) groups is 1. The van der Waals surface area contributed by atoms with E-state index in [1.165, 1.54) is 31.4 Å². The molecule has 1 aliphatic carbocycles. The zero-order chi connectivity index (χ0) is 17.6. The lowest BCUT2D eigenvalue weighted by Gasteiger charge is -2.33. The molecule has 1 amide bonds. The fraction of sp³-hybridized carbons (Fsp3) is 0.800. The molecule has 1 aromatic rings. The first-order valence-corrected chi connectivity index (χ1v) is 9.95. The molecule has 0 unspecified atom stereocenters. The van der Waals surface area contributed by atoms with Crippen LogP contribution in [0.1, 0.15) is 62.9 Å². The van der Waals surface area contributed by atoms with Gasteiger partial charge >= 0.3 is 0 Å². The van der Waals surface area contributed by atoms with E-state index in [9.17, 15) is 4.79 Å². The second-order valence-corrected chi connectivity index (χ2v) is 7.87. The second kappa shape index (κ2) is 8.84. The molecule has 0 radical (unpaired) electrons. The first kappa shape index (κ1) is 18.4. The van der Waals surface area contributed by atoms with Crippen molar-refractivity contribution in [2.75, 3.05) is 20.2 Å². The Morgan fingerprint density at radius 2 is 1.92 bits per heavy atom. The van der Waals surface area contributed by atoms with Crippen molar-refractivity contribution in [3.8, 4) is 0 Å². The van der Waals surface area contributed by atoms with Crippen molar-refractivity contribution in [2.24, 2.45) is 11.8 Å². The first-order chi connectivity index (χ1) is 12.2. The van der Waals surface area contributed by atoms with E-state index in [1.807, 2.05) is 6.20 Å². The van der Waals surface area contributed by atoms with Crippen molar-refractivity contribution in [2.45, 2.75) is 71.4 Å². The maximum Gasteiger partial charge on any atom is 0.222 e. The molecule has 5 nitrogen and oxygen atoms in total. The zero-order valence-electron chi connectivity index (χ0n) is 15.9. The van der Waals surface area contributed by atoms with Crippen LogP contribution in [0.25, 0.3) is 0 Å². The summed E-state index contributed by atoms with van der Waals surface area (Å²) in [5.74, 6) is 2.83. The molecule has 1 saturated carbocycles. The van der Waals surface area contributed by atoms with E-state index in [-0.39, 0.29) is 0 Å². The van der Waals surface area contributed by atoms with E-state index in [2.05, 4.69) is 21.4 Å². The molecule has 0 spiro atoms. The van der Waals surface area contributed by atoms with Crippen LogP contribution in [0.4, 0.5) is 0 Å². The minimum absolute atomic E-state index is 0.379. The number of piperidine rings is 1. The van der Waals surface area contributed by atoms with Gasteiger partial charge in [0.1, 0.15) is 12.4 Å². The number of likely N-dealkylation sites (tertiary alicyclic amines) is 1. The highest BCUT2D eigenvalue weighted by atomic mass is 16.5. The summed E-state index contributed by atoms with van der Waals surface area (Å²) in [5, 5.41) is 0. The molecule has 0 N–H and O–H groups in total. The molecular formula is C20H33N3O2. The van der Waals surface area contributed by atoms with Gasteiger partial charge in [-0.3, -0.25) is 4.79 Å². The average molecular weight is 348 g/mol. The van der Waals surface area contributed by atoms with Crippen LogP contribution in [0, 0.1) is 18.8 Å². The van der Waals surface area contributed by atoms with Gasteiger partial charge in [-0.25, -0.2) is 4.98 Å². The van der Waals surface area contributed by atoms with E-state index in [0.717, 1.165) is 57.1 Å². The number of aromatic nitrogens is 2. The van der Waals surface area contributed by atoms with Gasteiger partial charge in [-0.05, 0) is 38.0 Å². The predicted octanol–water partition coefficient (Wildman–Crippen LogP) is 3.55. The summed E-state index contributed by atoms with van der Waals surface area (Å²) in [6.45, 7) is 5.50. The Balaban J connectivity index is 1.43. The summed E-state index contributed by atoms with van der Waals surface area (Å²) < 4.78 is 7.54. The van der Waals surface area contributed by atoms with Gasteiger partial charge in [0, 0.05) is 45.1 Å². The summed E-state index contributed by atoms with van der Waals surface area (Å²) in [4.78, 5) is 19.0. The van der Waals surface area contributed by atoms with Crippen LogP contribution in [0.3, 0.4) is 0 Å². The Bertz CT molecular complexity index is 555. The monoisotopic (exact) mass is 347 g/mol.